The fourth-order valence-corrected chi connectivity index (χ4v) is 4.39. The Morgan fingerprint density at radius 2 is 1.68 bits per heavy atom. The molecule has 0 saturated carbocycles. The normalized spacial score (nSPS) is 18.3. The molecule has 5 rings (SSSR count). The fourth-order valence-electron chi connectivity index (χ4n) is 4.39. The minimum Gasteiger partial charge on any atom is -0.493 e. The van der Waals surface area contributed by atoms with Crippen LogP contribution in [0.1, 0.15) is 29.5 Å². The van der Waals surface area contributed by atoms with Crippen LogP contribution in [-0.2, 0) is 20.7 Å². The molecule has 0 unspecified atom stereocenters. The van der Waals surface area contributed by atoms with Crippen LogP contribution in [0.5, 0.6) is 28.7 Å². The number of rotatable bonds is 4. The van der Waals surface area contributed by atoms with Gasteiger partial charge in [0.2, 0.25) is 12.5 Å². The molecule has 8 heteroatoms. The van der Waals surface area contributed by atoms with Gasteiger partial charge in [0.25, 0.3) is 0 Å². The predicted octanol–water partition coefficient (Wildman–Crippen LogP) is 2.90. The van der Waals surface area contributed by atoms with E-state index in [-0.39, 0.29) is 25.1 Å². The molecule has 0 fully saturated rings. The van der Waals surface area contributed by atoms with E-state index in [2.05, 4.69) is 0 Å². The number of methoxy groups -OCH3 is 2. The highest BCUT2D eigenvalue weighted by Gasteiger charge is 2.40. The van der Waals surface area contributed by atoms with Gasteiger partial charge in [0.05, 0.1) is 19.8 Å². The Morgan fingerprint density at radius 3 is 2.32 bits per heavy atom. The van der Waals surface area contributed by atoms with Gasteiger partial charge >= 0.3 is 11.9 Å². The third-order valence-corrected chi connectivity index (χ3v) is 5.68. The van der Waals surface area contributed by atoms with Gasteiger partial charge in [-0.2, -0.15) is 0 Å². The summed E-state index contributed by atoms with van der Waals surface area (Å²) in [5, 5.41) is 0. The minimum atomic E-state index is -0.496. The van der Waals surface area contributed by atoms with Gasteiger partial charge in [0.1, 0.15) is 6.61 Å². The number of ether oxygens (including phenoxy) is 6. The number of hydrogen-bond donors (Lipinski definition) is 0. The maximum atomic E-state index is 12.7. The van der Waals surface area contributed by atoms with Crippen molar-refractivity contribution >= 4 is 11.9 Å². The van der Waals surface area contributed by atoms with Crippen molar-refractivity contribution in [1.29, 1.82) is 0 Å². The maximum Gasteiger partial charge on any atom is 0.335 e. The van der Waals surface area contributed by atoms with Crippen LogP contribution in [0.4, 0.5) is 0 Å². The highest BCUT2D eigenvalue weighted by Crippen LogP contribution is 2.50. The highest BCUT2D eigenvalue weighted by atomic mass is 16.7. The zero-order valence-electron chi connectivity index (χ0n) is 17.3. The van der Waals surface area contributed by atoms with Crippen molar-refractivity contribution in [3.05, 3.63) is 52.1 Å². The molecule has 2 aliphatic heterocycles. The standard InChI is InChI=1S/C23H20O8/c1-11(24)31-22-18(26-2)6-13(7-19(22)27-3)20-15-8-17-16(29-10-30-17)5-12(15)4-14-9-28-23(25)21(14)20/h5-8,20H,4,9-10H2,1-3H3/t20-/m1/s1. The van der Waals surface area contributed by atoms with Gasteiger partial charge in [0, 0.05) is 12.8 Å². The molecule has 0 aromatic heterocycles. The quantitative estimate of drug-likeness (QED) is 0.547. The van der Waals surface area contributed by atoms with Crippen LogP contribution in [-0.4, -0.2) is 39.6 Å². The summed E-state index contributed by atoms with van der Waals surface area (Å²) in [7, 11) is 2.96. The van der Waals surface area contributed by atoms with Crippen molar-refractivity contribution in [1.82, 2.24) is 0 Å². The van der Waals surface area contributed by atoms with E-state index < -0.39 is 11.9 Å². The van der Waals surface area contributed by atoms with Crippen LogP contribution in [0, 0.1) is 0 Å². The molecule has 2 aromatic carbocycles. The van der Waals surface area contributed by atoms with Crippen molar-refractivity contribution in [2.45, 2.75) is 19.3 Å². The van der Waals surface area contributed by atoms with Gasteiger partial charge in [-0.15, -0.1) is 0 Å². The van der Waals surface area contributed by atoms with Crippen molar-refractivity contribution in [3.63, 3.8) is 0 Å². The van der Waals surface area contributed by atoms with E-state index in [1.165, 1.54) is 21.1 Å². The van der Waals surface area contributed by atoms with E-state index in [9.17, 15) is 9.59 Å². The third kappa shape index (κ3) is 3.06. The largest absolute Gasteiger partial charge is 0.493 e. The molecule has 0 spiro atoms. The molecule has 0 saturated heterocycles. The van der Waals surface area contributed by atoms with Gasteiger partial charge in [-0.1, -0.05) is 0 Å². The Labute approximate surface area is 178 Å². The SMILES string of the molecule is COc1cc([C@H]2C3=C(COC3=O)Cc3cc4c(cc32)OCO4)cc(OC)c1OC(C)=O. The lowest BCUT2D eigenvalue weighted by molar-refractivity contribution is -0.136. The van der Waals surface area contributed by atoms with Crippen LogP contribution in [0.15, 0.2) is 35.4 Å². The molecule has 2 aromatic rings. The Balaban J connectivity index is 1.72. The summed E-state index contributed by atoms with van der Waals surface area (Å²) >= 11 is 0. The van der Waals surface area contributed by atoms with Gasteiger partial charge in [-0.05, 0) is 52.9 Å². The summed E-state index contributed by atoms with van der Waals surface area (Å²) in [5.74, 6) is 0.900. The van der Waals surface area contributed by atoms with Gasteiger partial charge in [0.15, 0.2) is 23.0 Å². The smallest absolute Gasteiger partial charge is 0.335 e. The number of carbonyl (C=O) groups is 2. The molecule has 1 atom stereocenters. The second-order valence-electron chi connectivity index (χ2n) is 7.46. The summed E-state index contributed by atoms with van der Waals surface area (Å²) in [6.45, 7) is 1.73. The molecule has 1 aliphatic carbocycles. The van der Waals surface area contributed by atoms with Crippen molar-refractivity contribution in [3.8, 4) is 28.7 Å². The summed E-state index contributed by atoms with van der Waals surface area (Å²) in [6, 6.07) is 7.37. The van der Waals surface area contributed by atoms with E-state index in [4.69, 9.17) is 28.4 Å². The van der Waals surface area contributed by atoms with Gasteiger partial charge in [-0.3, -0.25) is 4.79 Å². The number of benzene rings is 2. The van der Waals surface area contributed by atoms with Gasteiger partial charge < -0.3 is 28.4 Å². The van der Waals surface area contributed by atoms with Crippen molar-refractivity contribution < 1.29 is 38.0 Å². The van der Waals surface area contributed by atoms with E-state index in [1.807, 2.05) is 12.1 Å². The first-order valence-corrected chi connectivity index (χ1v) is 9.76. The van der Waals surface area contributed by atoms with Crippen LogP contribution >= 0.6 is 0 Å². The first kappa shape index (κ1) is 19.3. The molecule has 160 valence electrons. The second-order valence-corrected chi connectivity index (χ2v) is 7.46. The number of carbonyl (C=O) groups excluding carboxylic acids is 2. The molecule has 0 bridgehead atoms. The van der Waals surface area contributed by atoms with Crippen LogP contribution in [0.3, 0.4) is 0 Å². The molecule has 2 heterocycles. The average Bonchev–Trinajstić information content (AvgIpc) is 3.36. The first-order valence-electron chi connectivity index (χ1n) is 9.76. The van der Waals surface area contributed by atoms with Crippen molar-refractivity contribution in [2.24, 2.45) is 0 Å². The van der Waals surface area contributed by atoms with Crippen LogP contribution < -0.4 is 23.7 Å². The fraction of sp³-hybridized carbons (Fsp3) is 0.304. The number of hydrogen-bond acceptors (Lipinski definition) is 8. The molecule has 0 radical (unpaired) electrons. The Morgan fingerprint density at radius 1 is 1.00 bits per heavy atom. The first-order chi connectivity index (χ1) is 15.0. The third-order valence-electron chi connectivity index (χ3n) is 5.68. The molecule has 3 aliphatic rings. The molecular formula is C23H20O8. The lowest BCUT2D eigenvalue weighted by atomic mass is 9.75. The lowest BCUT2D eigenvalue weighted by Gasteiger charge is -2.27. The van der Waals surface area contributed by atoms with E-state index in [0.29, 0.717) is 35.0 Å². The Bertz CT molecular complexity index is 1120. The summed E-state index contributed by atoms with van der Waals surface area (Å²) in [6.07, 6.45) is 0.601. The van der Waals surface area contributed by atoms with Crippen LogP contribution in [0.25, 0.3) is 0 Å². The number of fused-ring (bicyclic) bond motifs is 2. The van der Waals surface area contributed by atoms with E-state index in [0.717, 1.165) is 22.3 Å². The highest BCUT2D eigenvalue weighted by molar-refractivity contribution is 5.95. The Hall–Kier alpha value is -3.68. The topological polar surface area (TPSA) is 89.5 Å². The number of esters is 2. The molecular weight excluding hydrogens is 404 g/mol. The van der Waals surface area contributed by atoms with Crippen molar-refractivity contribution in [2.75, 3.05) is 27.6 Å². The molecule has 0 amide bonds. The molecule has 0 N–H and O–H groups in total. The summed E-state index contributed by atoms with van der Waals surface area (Å²) in [5.41, 5.74) is 4.24. The minimum absolute atomic E-state index is 0.163. The zero-order valence-corrected chi connectivity index (χ0v) is 17.3. The van der Waals surface area contributed by atoms with Crippen LogP contribution in [0.2, 0.25) is 0 Å². The predicted molar refractivity (Wildman–Crippen MR) is 107 cm³/mol. The maximum absolute atomic E-state index is 12.7. The van der Waals surface area contributed by atoms with Gasteiger partial charge in [-0.25, -0.2) is 4.79 Å². The summed E-state index contributed by atoms with van der Waals surface area (Å²) < 4.78 is 32.8. The monoisotopic (exact) mass is 424 g/mol. The molecule has 8 nitrogen and oxygen atoms in total. The van der Waals surface area contributed by atoms with E-state index in [1.54, 1.807) is 12.1 Å². The molecule has 31 heavy (non-hydrogen) atoms. The van der Waals surface area contributed by atoms with E-state index >= 15 is 0 Å². The second kappa shape index (κ2) is 7.23. The lowest BCUT2D eigenvalue weighted by Crippen LogP contribution is -2.18. The Kier molecular flexibility index (Phi) is 4.50. The average molecular weight is 424 g/mol. The number of cyclic esters (lactones) is 1. The summed E-state index contributed by atoms with van der Waals surface area (Å²) in [4.78, 5) is 24.3. The zero-order chi connectivity index (χ0) is 21.7.